The molecule has 0 aromatic carbocycles. The summed E-state index contributed by atoms with van der Waals surface area (Å²) in [5.41, 5.74) is 0. The Morgan fingerprint density at radius 3 is 3.11 bits per heavy atom. The predicted molar refractivity (Wildman–Crippen MR) is 67.4 cm³/mol. The first-order chi connectivity index (χ1) is 8.74. The smallest absolute Gasteiger partial charge is 0.221 e. The summed E-state index contributed by atoms with van der Waals surface area (Å²) < 4.78 is 10.7. The van der Waals surface area contributed by atoms with Crippen LogP contribution in [0, 0.1) is 6.92 Å². The summed E-state index contributed by atoms with van der Waals surface area (Å²) in [6.07, 6.45) is 1.20. The standard InChI is InChI=1S/C13H20N2O3/c1-10-2-3-12(18-10)4-5-15-13(16)8-11-9-17-7-6-14-11/h2-3,11,14H,4-9H2,1H3,(H,15,16). The molecule has 1 saturated heterocycles. The highest BCUT2D eigenvalue weighted by Crippen LogP contribution is 2.06. The van der Waals surface area contributed by atoms with Gasteiger partial charge in [-0.05, 0) is 19.1 Å². The second-order valence-electron chi connectivity index (χ2n) is 4.54. The summed E-state index contributed by atoms with van der Waals surface area (Å²) in [6, 6.07) is 4.02. The van der Waals surface area contributed by atoms with Gasteiger partial charge in [-0.1, -0.05) is 0 Å². The minimum atomic E-state index is 0.0567. The lowest BCUT2D eigenvalue weighted by atomic mass is 10.2. The van der Waals surface area contributed by atoms with Gasteiger partial charge in [0.25, 0.3) is 0 Å². The van der Waals surface area contributed by atoms with E-state index in [1.54, 1.807) is 0 Å². The van der Waals surface area contributed by atoms with Crippen molar-refractivity contribution < 1.29 is 13.9 Å². The fourth-order valence-electron chi connectivity index (χ4n) is 1.99. The molecule has 0 radical (unpaired) electrons. The van der Waals surface area contributed by atoms with E-state index in [0.29, 0.717) is 19.6 Å². The van der Waals surface area contributed by atoms with Crippen LogP contribution in [0.5, 0.6) is 0 Å². The van der Waals surface area contributed by atoms with Gasteiger partial charge in [-0.15, -0.1) is 0 Å². The Bertz CT molecular complexity index is 383. The van der Waals surface area contributed by atoms with Crippen LogP contribution in [0.25, 0.3) is 0 Å². The Morgan fingerprint density at radius 2 is 2.44 bits per heavy atom. The number of amides is 1. The topological polar surface area (TPSA) is 63.5 Å². The molecule has 1 fully saturated rings. The van der Waals surface area contributed by atoms with Crippen molar-refractivity contribution in [3.63, 3.8) is 0 Å². The van der Waals surface area contributed by atoms with Gasteiger partial charge in [-0.2, -0.15) is 0 Å². The third kappa shape index (κ3) is 4.16. The molecule has 0 bridgehead atoms. The van der Waals surface area contributed by atoms with Crippen LogP contribution in [0.2, 0.25) is 0 Å². The summed E-state index contributed by atoms with van der Waals surface area (Å²) in [4.78, 5) is 11.7. The molecular formula is C13H20N2O3. The molecule has 1 aromatic rings. The van der Waals surface area contributed by atoms with E-state index in [9.17, 15) is 4.79 Å². The lowest BCUT2D eigenvalue weighted by molar-refractivity contribution is -0.122. The highest BCUT2D eigenvalue weighted by Gasteiger charge is 2.16. The largest absolute Gasteiger partial charge is 0.466 e. The fourth-order valence-corrected chi connectivity index (χ4v) is 1.99. The van der Waals surface area contributed by atoms with Gasteiger partial charge in [0, 0.05) is 32.0 Å². The quantitative estimate of drug-likeness (QED) is 0.806. The van der Waals surface area contributed by atoms with Gasteiger partial charge in [0.05, 0.1) is 13.2 Å². The van der Waals surface area contributed by atoms with Gasteiger partial charge in [0.2, 0.25) is 5.91 Å². The Morgan fingerprint density at radius 1 is 1.56 bits per heavy atom. The van der Waals surface area contributed by atoms with Crippen molar-refractivity contribution in [1.82, 2.24) is 10.6 Å². The fraction of sp³-hybridized carbons (Fsp3) is 0.615. The third-order valence-electron chi connectivity index (χ3n) is 2.92. The lowest BCUT2D eigenvalue weighted by Gasteiger charge is -2.23. The molecule has 1 unspecified atom stereocenters. The summed E-state index contributed by atoms with van der Waals surface area (Å²) >= 11 is 0. The molecule has 1 aliphatic heterocycles. The van der Waals surface area contributed by atoms with Crippen molar-refractivity contribution in [1.29, 1.82) is 0 Å². The molecule has 0 spiro atoms. The van der Waals surface area contributed by atoms with E-state index in [2.05, 4.69) is 10.6 Å². The minimum absolute atomic E-state index is 0.0567. The molecular weight excluding hydrogens is 232 g/mol. The maximum atomic E-state index is 11.7. The third-order valence-corrected chi connectivity index (χ3v) is 2.92. The average Bonchev–Trinajstić information content (AvgIpc) is 2.76. The van der Waals surface area contributed by atoms with E-state index >= 15 is 0 Å². The van der Waals surface area contributed by atoms with E-state index in [4.69, 9.17) is 9.15 Å². The van der Waals surface area contributed by atoms with Gasteiger partial charge < -0.3 is 19.8 Å². The average molecular weight is 252 g/mol. The number of nitrogens with one attached hydrogen (secondary N) is 2. The Balaban J connectivity index is 1.62. The molecule has 2 heterocycles. The van der Waals surface area contributed by atoms with Crippen molar-refractivity contribution in [2.75, 3.05) is 26.3 Å². The second-order valence-corrected chi connectivity index (χ2v) is 4.54. The summed E-state index contributed by atoms with van der Waals surface area (Å²) in [7, 11) is 0. The number of carbonyl (C=O) groups excluding carboxylic acids is 1. The zero-order chi connectivity index (χ0) is 12.8. The molecule has 5 heteroatoms. The molecule has 2 N–H and O–H groups in total. The van der Waals surface area contributed by atoms with Crippen LogP contribution in [0.3, 0.4) is 0 Å². The molecule has 100 valence electrons. The molecule has 0 aliphatic carbocycles. The van der Waals surface area contributed by atoms with Crippen LogP contribution in [-0.4, -0.2) is 38.3 Å². The zero-order valence-corrected chi connectivity index (χ0v) is 10.7. The number of aryl methyl sites for hydroxylation is 1. The van der Waals surface area contributed by atoms with Crippen molar-refractivity contribution in [2.45, 2.75) is 25.8 Å². The SMILES string of the molecule is Cc1ccc(CCNC(=O)CC2COCCN2)o1. The second kappa shape index (κ2) is 6.56. The van der Waals surface area contributed by atoms with Crippen LogP contribution >= 0.6 is 0 Å². The van der Waals surface area contributed by atoms with Crippen LogP contribution in [0.15, 0.2) is 16.5 Å². The molecule has 0 saturated carbocycles. The molecule has 1 atom stereocenters. The van der Waals surface area contributed by atoms with E-state index in [0.717, 1.165) is 31.1 Å². The number of hydrogen-bond acceptors (Lipinski definition) is 4. The number of furan rings is 1. The van der Waals surface area contributed by atoms with Gasteiger partial charge >= 0.3 is 0 Å². The van der Waals surface area contributed by atoms with Crippen molar-refractivity contribution in [3.8, 4) is 0 Å². The summed E-state index contributed by atoms with van der Waals surface area (Å²) in [5.74, 6) is 1.87. The predicted octanol–water partition coefficient (Wildman–Crippen LogP) is 0.625. The number of hydrogen-bond donors (Lipinski definition) is 2. The highest BCUT2D eigenvalue weighted by molar-refractivity contribution is 5.76. The highest BCUT2D eigenvalue weighted by atomic mass is 16.5. The molecule has 1 aromatic heterocycles. The molecule has 2 rings (SSSR count). The van der Waals surface area contributed by atoms with E-state index < -0.39 is 0 Å². The van der Waals surface area contributed by atoms with Gasteiger partial charge in [-0.3, -0.25) is 4.79 Å². The number of ether oxygens (including phenoxy) is 1. The maximum Gasteiger partial charge on any atom is 0.221 e. The van der Waals surface area contributed by atoms with Crippen molar-refractivity contribution in [3.05, 3.63) is 23.7 Å². The summed E-state index contributed by atoms with van der Waals surface area (Å²) in [6.45, 7) is 4.70. The van der Waals surface area contributed by atoms with Gasteiger partial charge in [0.15, 0.2) is 0 Å². The van der Waals surface area contributed by atoms with Gasteiger partial charge in [0.1, 0.15) is 11.5 Å². The van der Waals surface area contributed by atoms with E-state index in [1.807, 2.05) is 19.1 Å². The normalized spacial score (nSPS) is 19.7. The lowest BCUT2D eigenvalue weighted by Crippen LogP contribution is -2.44. The number of carbonyl (C=O) groups is 1. The van der Waals surface area contributed by atoms with Crippen molar-refractivity contribution >= 4 is 5.91 Å². The van der Waals surface area contributed by atoms with Crippen LogP contribution < -0.4 is 10.6 Å². The molecule has 1 amide bonds. The first kappa shape index (κ1) is 13.1. The van der Waals surface area contributed by atoms with E-state index in [1.165, 1.54) is 0 Å². The molecule has 1 aliphatic rings. The minimum Gasteiger partial charge on any atom is -0.466 e. The van der Waals surface area contributed by atoms with E-state index in [-0.39, 0.29) is 11.9 Å². The monoisotopic (exact) mass is 252 g/mol. The van der Waals surface area contributed by atoms with Crippen LogP contribution in [0.1, 0.15) is 17.9 Å². The maximum absolute atomic E-state index is 11.7. The summed E-state index contributed by atoms with van der Waals surface area (Å²) in [5, 5.41) is 6.15. The Kier molecular flexibility index (Phi) is 4.78. The van der Waals surface area contributed by atoms with Gasteiger partial charge in [-0.25, -0.2) is 0 Å². The Labute approximate surface area is 107 Å². The Hall–Kier alpha value is -1.33. The molecule has 18 heavy (non-hydrogen) atoms. The van der Waals surface area contributed by atoms with Crippen LogP contribution in [0.4, 0.5) is 0 Å². The van der Waals surface area contributed by atoms with Crippen molar-refractivity contribution in [2.24, 2.45) is 0 Å². The molecule has 5 nitrogen and oxygen atoms in total. The zero-order valence-electron chi connectivity index (χ0n) is 10.7. The first-order valence-electron chi connectivity index (χ1n) is 6.37. The number of morpholine rings is 1. The number of rotatable bonds is 5. The van der Waals surface area contributed by atoms with Crippen LogP contribution in [-0.2, 0) is 16.0 Å². The first-order valence-corrected chi connectivity index (χ1v) is 6.37.